The number of nitrogens with zero attached hydrogens (tertiary/aromatic N) is 6. The van der Waals surface area contributed by atoms with Gasteiger partial charge in [0.1, 0.15) is 17.0 Å². The maximum absolute atomic E-state index is 10.7. The van der Waals surface area contributed by atoms with Crippen LogP contribution in [0.25, 0.3) is 16.7 Å². The highest BCUT2D eigenvalue weighted by atomic mass is 16.3. The van der Waals surface area contributed by atoms with E-state index in [1.54, 1.807) is 61.7 Å². The summed E-state index contributed by atoms with van der Waals surface area (Å²) >= 11 is 0. The van der Waals surface area contributed by atoms with Crippen molar-refractivity contribution in [1.82, 2.24) is 29.5 Å². The molecule has 1 atom stereocenters. The fraction of sp³-hybridized carbons (Fsp3) is 0.273. The van der Waals surface area contributed by atoms with Gasteiger partial charge in [-0.25, -0.2) is 9.67 Å². The summed E-state index contributed by atoms with van der Waals surface area (Å²) in [6, 6.07) is 8.90. The Morgan fingerprint density at radius 1 is 1.06 bits per heavy atom. The van der Waals surface area contributed by atoms with Crippen LogP contribution < -0.4 is 5.73 Å². The van der Waals surface area contributed by atoms with Crippen LogP contribution in [0.5, 0.6) is 0 Å². The number of aryl methyl sites for hydroxylation is 1. The number of hydrogen-bond donors (Lipinski definition) is 3. The minimum Gasteiger partial charge on any atom is -0.384 e. The van der Waals surface area contributed by atoms with Crippen molar-refractivity contribution in [3.63, 3.8) is 0 Å². The van der Waals surface area contributed by atoms with E-state index in [-0.39, 0.29) is 5.95 Å². The number of hydrogen-bond acceptors (Lipinski definition) is 7. The van der Waals surface area contributed by atoms with Crippen molar-refractivity contribution < 1.29 is 10.2 Å². The maximum Gasteiger partial charge on any atom is 0.221 e. The van der Waals surface area contributed by atoms with Gasteiger partial charge in [0, 0.05) is 36.5 Å². The third kappa shape index (κ3) is 3.99. The van der Waals surface area contributed by atoms with Gasteiger partial charge in [0.2, 0.25) is 5.95 Å². The molecule has 0 aliphatic carbocycles. The average Bonchev–Trinajstić information content (AvgIpc) is 3.30. The van der Waals surface area contributed by atoms with Crippen molar-refractivity contribution in [2.45, 2.75) is 32.0 Å². The number of benzene rings is 1. The molecule has 3 aromatic heterocycles. The molecular formula is C22H23N7O2. The highest BCUT2D eigenvalue weighted by Crippen LogP contribution is 2.30. The van der Waals surface area contributed by atoms with E-state index in [0.717, 1.165) is 5.39 Å². The fourth-order valence-corrected chi connectivity index (χ4v) is 3.23. The summed E-state index contributed by atoms with van der Waals surface area (Å²) in [6.07, 6.45) is 3.30. The molecule has 0 amide bonds. The first-order valence-electron chi connectivity index (χ1n) is 9.65. The van der Waals surface area contributed by atoms with Gasteiger partial charge in [-0.2, -0.15) is 15.2 Å². The predicted molar refractivity (Wildman–Crippen MR) is 116 cm³/mol. The van der Waals surface area contributed by atoms with Crippen molar-refractivity contribution >= 4 is 16.9 Å². The van der Waals surface area contributed by atoms with Crippen LogP contribution in [0.2, 0.25) is 0 Å². The van der Waals surface area contributed by atoms with Gasteiger partial charge in [0.15, 0.2) is 11.4 Å². The molecule has 1 aromatic carbocycles. The smallest absolute Gasteiger partial charge is 0.221 e. The molecule has 4 rings (SSSR count). The molecule has 31 heavy (non-hydrogen) atoms. The molecule has 0 saturated heterocycles. The molecule has 0 spiro atoms. The maximum atomic E-state index is 10.7. The first-order chi connectivity index (χ1) is 14.5. The van der Waals surface area contributed by atoms with Gasteiger partial charge in [-0.3, -0.25) is 4.68 Å². The number of nitrogens with two attached hydrogens (primary N) is 1. The third-order valence-electron chi connectivity index (χ3n) is 4.80. The molecule has 3 heterocycles. The van der Waals surface area contributed by atoms with Gasteiger partial charge in [-0.1, -0.05) is 11.8 Å². The lowest BCUT2D eigenvalue weighted by Gasteiger charge is -2.14. The summed E-state index contributed by atoms with van der Waals surface area (Å²) in [4.78, 5) is 8.17. The number of aliphatic hydroxyl groups is 2. The van der Waals surface area contributed by atoms with E-state index in [9.17, 15) is 10.2 Å². The van der Waals surface area contributed by atoms with Crippen LogP contribution >= 0.6 is 0 Å². The Bertz CT molecular complexity index is 1330. The Morgan fingerprint density at radius 3 is 2.48 bits per heavy atom. The van der Waals surface area contributed by atoms with E-state index in [2.05, 4.69) is 32.0 Å². The lowest BCUT2D eigenvalue weighted by Crippen LogP contribution is -2.19. The Labute approximate surface area is 179 Å². The number of anilines is 1. The Kier molecular flexibility index (Phi) is 4.76. The molecule has 4 aromatic rings. The van der Waals surface area contributed by atoms with E-state index in [1.165, 1.54) is 0 Å². The third-order valence-corrected chi connectivity index (χ3v) is 4.80. The molecule has 0 radical (unpaired) electrons. The summed E-state index contributed by atoms with van der Waals surface area (Å²) in [5.41, 5.74) is 5.49. The molecule has 0 aliphatic heterocycles. The highest BCUT2D eigenvalue weighted by Gasteiger charge is 2.26. The first-order valence-corrected chi connectivity index (χ1v) is 9.65. The van der Waals surface area contributed by atoms with Gasteiger partial charge >= 0.3 is 0 Å². The van der Waals surface area contributed by atoms with Crippen LogP contribution in [-0.2, 0) is 18.2 Å². The van der Waals surface area contributed by atoms with E-state index < -0.39 is 11.2 Å². The molecule has 1 unspecified atom stereocenters. The largest absolute Gasteiger partial charge is 0.384 e. The van der Waals surface area contributed by atoms with Gasteiger partial charge in [0.05, 0.1) is 5.52 Å². The van der Waals surface area contributed by atoms with Gasteiger partial charge in [-0.15, -0.1) is 0 Å². The first kappa shape index (κ1) is 20.5. The standard InChI is InChI=1S/C22H23N7O2/c1-21(2,30)19-15-6-5-14(7-10-22(3,31)17-9-12-28(4)26-17)13-16(15)29(27-19)18-8-11-24-20(23)25-18/h5-6,8-9,11-13,30-31H,1-4H3,(H2,23,24,25). The van der Waals surface area contributed by atoms with Crippen LogP contribution in [0.1, 0.15) is 37.7 Å². The van der Waals surface area contributed by atoms with Crippen LogP contribution in [-0.4, -0.2) is 39.7 Å². The zero-order valence-corrected chi connectivity index (χ0v) is 17.7. The second kappa shape index (κ2) is 7.19. The molecule has 0 saturated carbocycles. The molecular weight excluding hydrogens is 394 g/mol. The number of nitrogen functional groups attached to an aromatic ring is 1. The van der Waals surface area contributed by atoms with E-state index >= 15 is 0 Å². The second-order valence-corrected chi connectivity index (χ2v) is 8.02. The summed E-state index contributed by atoms with van der Waals surface area (Å²) in [5.74, 6) is 6.48. The van der Waals surface area contributed by atoms with Gasteiger partial charge in [0.25, 0.3) is 0 Å². The average molecular weight is 417 g/mol. The summed E-state index contributed by atoms with van der Waals surface area (Å²) in [5, 5.41) is 30.9. The zero-order chi connectivity index (χ0) is 22.4. The normalized spacial score (nSPS) is 13.6. The van der Waals surface area contributed by atoms with Gasteiger partial charge in [-0.05, 0) is 45.0 Å². The molecule has 0 fully saturated rings. The van der Waals surface area contributed by atoms with E-state index in [4.69, 9.17) is 5.73 Å². The molecule has 158 valence electrons. The summed E-state index contributed by atoms with van der Waals surface area (Å²) < 4.78 is 3.21. The van der Waals surface area contributed by atoms with Crippen molar-refractivity contribution in [2.24, 2.45) is 7.05 Å². The van der Waals surface area contributed by atoms with Crippen molar-refractivity contribution in [1.29, 1.82) is 0 Å². The van der Waals surface area contributed by atoms with E-state index in [1.807, 2.05) is 18.2 Å². The Balaban J connectivity index is 1.84. The minimum atomic E-state index is -1.41. The number of rotatable bonds is 3. The lowest BCUT2D eigenvalue weighted by atomic mass is 10.00. The lowest BCUT2D eigenvalue weighted by molar-refractivity contribution is 0.0749. The topological polar surface area (TPSA) is 128 Å². The monoisotopic (exact) mass is 417 g/mol. The molecule has 4 N–H and O–H groups in total. The fourth-order valence-electron chi connectivity index (χ4n) is 3.23. The van der Waals surface area contributed by atoms with Crippen LogP contribution in [0, 0.1) is 11.8 Å². The van der Waals surface area contributed by atoms with Gasteiger partial charge < -0.3 is 15.9 Å². The van der Waals surface area contributed by atoms with Crippen LogP contribution in [0.4, 0.5) is 5.95 Å². The van der Waals surface area contributed by atoms with Crippen LogP contribution in [0.15, 0.2) is 42.7 Å². The van der Waals surface area contributed by atoms with Crippen molar-refractivity contribution in [3.8, 4) is 17.7 Å². The Morgan fingerprint density at radius 2 is 1.84 bits per heavy atom. The quantitative estimate of drug-likeness (QED) is 0.432. The second-order valence-electron chi connectivity index (χ2n) is 8.02. The van der Waals surface area contributed by atoms with Crippen LogP contribution in [0.3, 0.4) is 0 Å². The summed E-state index contributed by atoms with van der Waals surface area (Å²) in [7, 11) is 1.78. The minimum absolute atomic E-state index is 0.119. The number of fused-ring (bicyclic) bond motifs is 1. The predicted octanol–water partition coefficient (Wildman–Crippen LogP) is 1.62. The molecule has 0 aliphatic rings. The van der Waals surface area contributed by atoms with E-state index in [0.29, 0.717) is 28.3 Å². The highest BCUT2D eigenvalue weighted by molar-refractivity contribution is 5.85. The Hall–Kier alpha value is -3.74. The zero-order valence-electron chi connectivity index (χ0n) is 17.7. The molecule has 9 nitrogen and oxygen atoms in total. The molecule has 0 bridgehead atoms. The SMILES string of the molecule is Cn1ccc(C(C)(O)C#Cc2ccc3c(C(C)(C)O)nn(-c4ccnc(N)n4)c3c2)n1. The van der Waals surface area contributed by atoms with Crippen molar-refractivity contribution in [3.05, 3.63) is 59.7 Å². The van der Waals surface area contributed by atoms with Crippen molar-refractivity contribution in [2.75, 3.05) is 5.73 Å². The molecule has 9 heteroatoms. The number of aromatic nitrogens is 6. The summed E-state index contributed by atoms with van der Waals surface area (Å²) in [6.45, 7) is 4.94.